The summed E-state index contributed by atoms with van der Waals surface area (Å²) < 4.78 is 31.6. The molecule has 0 N–H and O–H groups in total. The Labute approximate surface area is 131 Å². The van der Waals surface area contributed by atoms with Gasteiger partial charge in [-0.15, -0.1) is 0 Å². The fourth-order valence-corrected chi connectivity index (χ4v) is 3.78. The van der Waals surface area contributed by atoms with E-state index in [9.17, 15) is 8.42 Å². The molecule has 1 fully saturated rings. The van der Waals surface area contributed by atoms with Gasteiger partial charge in [-0.1, -0.05) is 12.1 Å². The monoisotopic (exact) mass is 319 g/mol. The summed E-state index contributed by atoms with van der Waals surface area (Å²) in [5, 5.41) is 1.90. The zero-order valence-electron chi connectivity index (χ0n) is 13.0. The van der Waals surface area contributed by atoms with Gasteiger partial charge in [-0.2, -0.15) is 0 Å². The molecule has 0 amide bonds. The first-order valence-corrected chi connectivity index (χ1v) is 9.04. The van der Waals surface area contributed by atoms with Crippen LogP contribution in [0.1, 0.15) is 25.7 Å². The van der Waals surface area contributed by atoms with Crippen molar-refractivity contribution in [2.75, 3.05) is 14.1 Å². The minimum atomic E-state index is -3.40. The average Bonchev–Trinajstić information content (AvgIpc) is 2.99. The maximum atomic E-state index is 12.2. The lowest BCUT2D eigenvalue weighted by atomic mass is 10.1. The smallest absolute Gasteiger partial charge is 0.242 e. The summed E-state index contributed by atoms with van der Waals surface area (Å²) in [5.41, 5.74) is 0. The van der Waals surface area contributed by atoms with Crippen molar-refractivity contribution in [3.63, 3.8) is 0 Å². The molecule has 0 aromatic heterocycles. The Morgan fingerprint density at radius 3 is 2.32 bits per heavy atom. The summed E-state index contributed by atoms with van der Waals surface area (Å²) in [4.78, 5) is 0.314. The van der Waals surface area contributed by atoms with Crippen molar-refractivity contribution in [3.05, 3.63) is 36.4 Å². The number of hydrogen-bond acceptors (Lipinski definition) is 3. The highest BCUT2D eigenvalue weighted by Gasteiger charge is 2.18. The van der Waals surface area contributed by atoms with Crippen LogP contribution in [-0.2, 0) is 10.0 Å². The third kappa shape index (κ3) is 2.96. The minimum Gasteiger partial charge on any atom is -0.490 e. The van der Waals surface area contributed by atoms with Crippen molar-refractivity contribution in [2.45, 2.75) is 36.7 Å². The summed E-state index contributed by atoms with van der Waals surface area (Å²) in [5.74, 6) is 0.864. The molecule has 0 atom stereocenters. The van der Waals surface area contributed by atoms with Crippen LogP contribution in [0.25, 0.3) is 10.8 Å². The van der Waals surface area contributed by atoms with E-state index in [1.165, 1.54) is 31.2 Å². The van der Waals surface area contributed by atoms with Gasteiger partial charge in [0.1, 0.15) is 5.75 Å². The van der Waals surface area contributed by atoms with Crippen LogP contribution in [0.2, 0.25) is 0 Å². The standard InChI is InChI=1S/C17H21NO3S/c1-18(2)22(19,20)17-10-8-13-11-16(9-7-14(13)12-17)21-15-5-3-4-6-15/h7-12,15H,3-6H2,1-2H3. The van der Waals surface area contributed by atoms with Gasteiger partial charge in [-0.05, 0) is 60.7 Å². The fraction of sp³-hybridized carbons (Fsp3) is 0.412. The molecule has 5 heteroatoms. The lowest BCUT2D eigenvalue weighted by molar-refractivity contribution is 0.210. The third-order valence-electron chi connectivity index (χ3n) is 4.17. The Kier molecular flexibility index (Phi) is 4.10. The first-order valence-electron chi connectivity index (χ1n) is 7.60. The van der Waals surface area contributed by atoms with Gasteiger partial charge in [0.25, 0.3) is 0 Å². The molecule has 3 rings (SSSR count). The van der Waals surface area contributed by atoms with Crippen LogP contribution in [0.5, 0.6) is 5.75 Å². The Balaban J connectivity index is 1.91. The van der Waals surface area contributed by atoms with Crippen molar-refractivity contribution >= 4 is 20.8 Å². The normalized spacial score (nSPS) is 16.5. The molecular weight excluding hydrogens is 298 g/mol. The molecule has 0 aliphatic heterocycles. The lowest BCUT2D eigenvalue weighted by Gasteiger charge is -2.14. The van der Waals surface area contributed by atoms with Crippen LogP contribution >= 0.6 is 0 Å². The van der Waals surface area contributed by atoms with Gasteiger partial charge in [-0.25, -0.2) is 12.7 Å². The molecule has 118 valence electrons. The van der Waals surface area contributed by atoms with Gasteiger partial charge in [0.15, 0.2) is 0 Å². The van der Waals surface area contributed by atoms with Crippen molar-refractivity contribution < 1.29 is 13.2 Å². The molecule has 0 heterocycles. The van der Waals surface area contributed by atoms with Crippen molar-refractivity contribution in [2.24, 2.45) is 0 Å². The number of sulfonamides is 1. The van der Waals surface area contributed by atoms with E-state index in [0.717, 1.165) is 29.4 Å². The summed E-state index contributed by atoms with van der Waals surface area (Å²) >= 11 is 0. The zero-order chi connectivity index (χ0) is 15.7. The quantitative estimate of drug-likeness (QED) is 0.867. The second-order valence-corrected chi connectivity index (χ2v) is 8.13. The van der Waals surface area contributed by atoms with E-state index in [0.29, 0.717) is 11.0 Å². The van der Waals surface area contributed by atoms with Crippen LogP contribution in [0, 0.1) is 0 Å². The summed E-state index contributed by atoms with van der Waals surface area (Å²) in [7, 11) is -0.316. The van der Waals surface area contributed by atoms with E-state index in [1.807, 2.05) is 24.3 Å². The molecule has 0 spiro atoms. The maximum absolute atomic E-state index is 12.2. The molecule has 1 aliphatic rings. The third-order valence-corrected chi connectivity index (χ3v) is 5.98. The zero-order valence-corrected chi connectivity index (χ0v) is 13.8. The Bertz CT molecular complexity index is 778. The molecule has 0 unspecified atom stereocenters. The molecule has 0 radical (unpaired) electrons. The highest BCUT2D eigenvalue weighted by molar-refractivity contribution is 7.89. The first-order chi connectivity index (χ1) is 10.5. The van der Waals surface area contributed by atoms with Crippen LogP contribution in [0.15, 0.2) is 41.3 Å². The first kappa shape index (κ1) is 15.3. The Morgan fingerprint density at radius 2 is 1.64 bits per heavy atom. The number of benzene rings is 2. The fourth-order valence-electron chi connectivity index (χ4n) is 2.85. The van der Waals surface area contributed by atoms with Gasteiger partial charge in [0.2, 0.25) is 10.0 Å². The SMILES string of the molecule is CN(C)S(=O)(=O)c1ccc2cc(OC3CCCC3)ccc2c1. The van der Waals surface area contributed by atoms with Gasteiger partial charge in [0, 0.05) is 14.1 Å². The largest absolute Gasteiger partial charge is 0.490 e. The molecule has 1 aliphatic carbocycles. The highest BCUT2D eigenvalue weighted by atomic mass is 32.2. The molecule has 1 saturated carbocycles. The van der Waals surface area contributed by atoms with Crippen molar-refractivity contribution in [1.29, 1.82) is 0 Å². The van der Waals surface area contributed by atoms with Crippen LogP contribution in [0.3, 0.4) is 0 Å². The molecule has 0 bridgehead atoms. The topological polar surface area (TPSA) is 46.6 Å². The number of rotatable bonds is 4. The number of nitrogens with zero attached hydrogens (tertiary/aromatic N) is 1. The van der Waals surface area contributed by atoms with Crippen LogP contribution in [-0.4, -0.2) is 32.9 Å². The molecule has 2 aromatic carbocycles. The lowest BCUT2D eigenvalue weighted by Crippen LogP contribution is -2.22. The van der Waals surface area contributed by atoms with Crippen molar-refractivity contribution in [1.82, 2.24) is 4.31 Å². The molecule has 22 heavy (non-hydrogen) atoms. The molecular formula is C17H21NO3S. The summed E-state index contributed by atoms with van der Waals surface area (Å²) in [6, 6.07) is 11.0. The Hall–Kier alpha value is -1.59. The van der Waals surface area contributed by atoms with Gasteiger partial charge >= 0.3 is 0 Å². The number of hydrogen-bond donors (Lipinski definition) is 0. The van der Waals surface area contributed by atoms with Gasteiger partial charge in [-0.3, -0.25) is 0 Å². The van der Waals surface area contributed by atoms with E-state index in [4.69, 9.17) is 4.74 Å². The minimum absolute atomic E-state index is 0.314. The van der Waals surface area contributed by atoms with E-state index in [2.05, 4.69) is 0 Å². The van der Waals surface area contributed by atoms with E-state index < -0.39 is 10.0 Å². The predicted molar refractivity (Wildman–Crippen MR) is 87.7 cm³/mol. The van der Waals surface area contributed by atoms with Crippen molar-refractivity contribution in [3.8, 4) is 5.75 Å². The van der Waals surface area contributed by atoms with Gasteiger partial charge < -0.3 is 4.74 Å². The molecule has 0 saturated heterocycles. The van der Waals surface area contributed by atoms with Gasteiger partial charge in [0.05, 0.1) is 11.0 Å². The highest BCUT2D eigenvalue weighted by Crippen LogP contribution is 2.28. The molecule has 4 nitrogen and oxygen atoms in total. The Morgan fingerprint density at radius 1 is 1.00 bits per heavy atom. The van der Waals surface area contributed by atoms with E-state index in [1.54, 1.807) is 12.1 Å². The second kappa shape index (κ2) is 5.89. The molecule has 2 aromatic rings. The summed E-state index contributed by atoms with van der Waals surface area (Å²) in [6.07, 6.45) is 5.05. The average molecular weight is 319 g/mol. The number of ether oxygens (including phenoxy) is 1. The predicted octanol–water partition coefficient (Wildman–Crippen LogP) is 3.41. The maximum Gasteiger partial charge on any atom is 0.242 e. The van der Waals surface area contributed by atoms with Crippen LogP contribution < -0.4 is 4.74 Å². The number of fused-ring (bicyclic) bond motifs is 1. The van der Waals surface area contributed by atoms with E-state index >= 15 is 0 Å². The van der Waals surface area contributed by atoms with E-state index in [-0.39, 0.29) is 0 Å². The summed E-state index contributed by atoms with van der Waals surface area (Å²) in [6.45, 7) is 0. The second-order valence-electron chi connectivity index (χ2n) is 5.98. The van der Waals surface area contributed by atoms with Crippen LogP contribution in [0.4, 0.5) is 0 Å².